The molecule has 0 radical (unpaired) electrons. The molecule has 5 aliphatic rings. The van der Waals surface area contributed by atoms with Crippen molar-refractivity contribution in [3.8, 4) is 0 Å². The van der Waals surface area contributed by atoms with Gasteiger partial charge in [0.05, 0.1) is 17.6 Å². The van der Waals surface area contributed by atoms with Crippen LogP contribution in [-0.4, -0.2) is 51.9 Å². The maximum Gasteiger partial charge on any atom is 0.193 e. The molecule has 1 aliphatic heterocycles. The highest BCUT2D eigenvalue weighted by molar-refractivity contribution is 6.31. The van der Waals surface area contributed by atoms with E-state index in [0.717, 1.165) is 0 Å². The number of ether oxygens (including phenoxy) is 2. The summed E-state index contributed by atoms with van der Waals surface area (Å²) in [6.07, 6.45) is 2.28. The summed E-state index contributed by atoms with van der Waals surface area (Å²) < 4.78 is 44.9. The van der Waals surface area contributed by atoms with Crippen molar-refractivity contribution >= 4 is 17.4 Å². The van der Waals surface area contributed by atoms with Gasteiger partial charge >= 0.3 is 0 Å². The Labute approximate surface area is 191 Å². The molecule has 2 saturated carbocycles. The van der Waals surface area contributed by atoms with Gasteiger partial charge in [0.25, 0.3) is 0 Å². The third-order valence-electron chi connectivity index (χ3n) is 9.01. The van der Waals surface area contributed by atoms with Gasteiger partial charge in [-0.25, -0.2) is 8.78 Å². The number of carbonyl (C=O) groups excluding carboxylic acids is 1. The lowest BCUT2D eigenvalue weighted by atomic mass is 9.45. The zero-order valence-electron chi connectivity index (χ0n) is 18.6. The van der Waals surface area contributed by atoms with Crippen molar-refractivity contribution in [2.45, 2.75) is 76.2 Å². The number of hydrogen-bond acceptors (Lipinski definition) is 5. The molecule has 0 spiro atoms. The number of aliphatic hydroxyl groups is 2. The lowest BCUT2D eigenvalue weighted by Gasteiger charge is -2.62. The van der Waals surface area contributed by atoms with E-state index in [-0.39, 0.29) is 24.8 Å². The van der Waals surface area contributed by atoms with Crippen LogP contribution >= 0.6 is 11.6 Å². The quantitative estimate of drug-likeness (QED) is 0.640. The monoisotopic (exact) mass is 470 g/mol. The van der Waals surface area contributed by atoms with Crippen LogP contribution in [-0.2, 0) is 14.3 Å². The second-order valence-corrected chi connectivity index (χ2v) is 11.3. The fourth-order valence-corrected chi connectivity index (χ4v) is 7.90. The number of allylic oxidation sites excluding steroid dienone is 6. The lowest BCUT2D eigenvalue weighted by Crippen LogP contribution is -2.69. The minimum Gasteiger partial charge on any atom is -0.390 e. The molecule has 0 aromatic rings. The third kappa shape index (κ3) is 2.39. The maximum absolute atomic E-state index is 17.2. The SMILES string of the molecule is CC1(C)OC2CC3C4CC(F)=C5C=C(Cl)C=CC5(C)C4(F)C(O)CC3(C)C2(C(=O)CO)O1. The molecule has 1 heterocycles. The molecule has 8 atom stereocenters. The highest BCUT2D eigenvalue weighted by Gasteiger charge is 2.80. The smallest absolute Gasteiger partial charge is 0.193 e. The summed E-state index contributed by atoms with van der Waals surface area (Å²) in [7, 11) is 0. The molecule has 3 fully saturated rings. The molecule has 4 aliphatic carbocycles. The minimum absolute atomic E-state index is 0.0812. The van der Waals surface area contributed by atoms with Gasteiger partial charge in [0.15, 0.2) is 22.8 Å². The van der Waals surface area contributed by atoms with Gasteiger partial charge in [0.2, 0.25) is 0 Å². The molecule has 0 aromatic heterocycles. The predicted molar refractivity (Wildman–Crippen MR) is 113 cm³/mol. The molecule has 8 heteroatoms. The topological polar surface area (TPSA) is 76.0 Å². The Morgan fingerprint density at radius 1 is 1.28 bits per heavy atom. The number of rotatable bonds is 2. The van der Waals surface area contributed by atoms with Crippen LogP contribution in [0.25, 0.3) is 0 Å². The number of fused-ring (bicyclic) bond motifs is 7. The van der Waals surface area contributed by atoms with E-state index in [0.29, 0.717) is 5.03 Å². The maximum atomic E-state index is 17.2. The summed E-state index contributed by atoms with van der Waals surface area (Å²) in [6, 6.07) is 0. The molecule has 0 bridgehead atoms. The van der Waals surface area contributed by atoms with E-state index in [2.05, 4.69) is 0 Å². The first-order chi connectivity index (χ1) is 14.8. The first kappa shape index (κ1) is 22.7. The lowest BCUT2D eigenvalue weighted by molar-refractivity contribution is -0.244. The summed E-state index contributed by atoms with van der Waals surface area (Å²) in [4.78, 5) is 13.2. The molecule has 1 saturated heterocycles. The number of alkyl halides is 1. The highest BCUT2D eigenvalue weighted by atomic mass is 35.5. The highest BCUT2D eigenvalue weighted by Crippen LogP contribution is 2.72. The number of halogens is 3. The van der Waals surface area contributed by atoms with Crippen LogP contribution in [0.5, 0.6) is 0 Å². The Hall–Kier alpha value is -1.12. The van der Waals surface area contributed by atoms with Gasteiger partial charge < -0.3 is 19.7 Å². The van der Waals surface area contributed by atoms with Crippen molar-refractivity contribution in [3.63, 3.8) is 0 Å². The molecule has 8 unspecified atom stereocenters. The fourth-order valence-electron chi connectivity index (χ4n) is 7.73. The number of Topliss-reactive ketones (excluding diaryl/α,β-unsaturated/α-hetero) is 1. The number of ketones is 1. The van der Waals surface area contributed by atoms with E-state index in [1.54, 1.807) is 33.8 Å². The van der Waals surface area contributed by atoms with Gasteiger partial charge in [0, 0.05) is 22.8 Å². The average molecular weight is 471 g/mol. The van der Waals surface area contributed by atoms with Crippen molar-refractivity contribution in [1.82, 2.24) is 0 Å². The van der Waals surface area contributed by atoms with E-state index in [1.807, 2.05) is 0 Å². The normalized spacial score (nSPS) is 51.0. The summed E-state index contributed by atoms with van der Waals surface area (Å²) in [5, 5.41) is 21.5. The van der Waals surface area contributed by atoms with E-state index in [9.17, 15) is 15.0 Å². The van der Waals surface area contributed by atoms with Crippen LogP contribution < -0.4 is 0 Å². The molecule has 0 aromatic carbocycles. The number of aliphatic hydroxyl groups excluding tert-OH is 2. The Morgan fingerprint density at radius 2 is 1.97 bits per heavy atom. The summed E-state index contributed by atoms with van der Waals surface area (Å²) >= 11 is 6.09. The number of hydrogen-bond donors (Lipinski definition) is 2. The minimum atomic E-state index is -2.18. The van der Waals surface area contributed by atoms with Crippen molar-refractivity contribution in [2.24, 2.45) is 22.7 Å². The first-order valence-electron chi connectivity index (χ1n) is 11.1. The molecule has 32 heavy (non-hydrogen) atoms. The third-order valence-corrected chi connectivity index (χ3v) is 9.25. The van der Waals surface area contributed by atoms with Crippen molar-refractivity contribution < 1.29 is 33.3 Å². The van der Waals surface area contributed by atoms with E-state index >= 15 is 8.78 Å². The van der Waals surface area contributed by atoms with Crippen LogP contribution in [0.15, 0.2) is 34.7 Å². The summed E-state index contributed by atoms with van der Waals surface area (Å²) in [5.74, 6) is -3.52. The molecule has 2 N–H and O–H groups in total. The van der Waals surface area contributed by atoms with Gasteiger partial charge in [-0.1, -0.05) is 24.6 Å². The van der Waals surface area contributed by atoms with Crippen molar-refractivity contribution in [3.05, 3.63) is 34.7 Å². The van der Waals surface area contributed by atoms with Gasteiger partial charge in [0.1, 0.15) is 12.4 Å². The Morgan fingerprint density at radius 3 is 2.62 bits per heavy atom. The van der Waals surface area contributed by atoms with Crippen molar-refractivity contribution in [1.29, 1.82) is 0 Å². The first-order valence-corrected chi connectivity index (χ1v) is 11.5. The van der Waals surface area contributed by atoms with E-state index < -0.39 is 70.1 Å². The van der Waals surface area contributed by atoms with Crippen LogP contribution in [0.4, 0.5) is 8.78 Å². The summed E-state index contributed by atoms with van der Waals surface area (Å²) in [5.41, 5.74) is -6.02. The fraction of sp³-hybridized carbons (Fsp3) is 0.708. The van der Waals surface area contributed by atoms with Crippen molar-refractivity contribution in [2.75, 3.05) is 6.61 Å². The Kier molecular flexibility index (Phi) is 4.61. The Balaban J connectivity index is 1.68. The van der Waals surface area contributed by atoms with Gasteiger partial charge in [-0.3, -0.25) is 4.79 Å². The zero-order chi connectivity index (χ0) is 23.5. The predicted octanol–water partition coefficient (Wildman–Crippen LogP) is 3.88. The largest absolute Gasteiger partial charge is 0.390 e. The molecule has 176 valence electrons. The van der Waals surface area contributed by atoms with Crippen LogP contribution in [0.1, 0.15) is 47.0 Å². The second-order valence-electron chi connectivity index (χ2n) is 10.9. The van der Waals surface area contributed by atoms with Gasteiger partial charge in [-0.15, -0.1) is 0 Å². The number of carbonyl (C=O) groups is 1. The van der Waals surface area contributed by atoms with Crippen LogP contribution in [0, 0.1) is 22.7 Å². The summed E-state index contributed by atoms with van der Waals surface area (Å²) in [6.45, 7) is 5.99. The molecule has 5 nitrogen and oxygen atoms in total. The van der Waals surface area contributed by atoms with Crippen LogP contribution in [0.2, 0.25) is 0 Å². The van der Waals surface area contributed by atoms with Gasteiger partial charge in [-0.05, 0) is 57.3 Å². The molecule has 0 amide bonds. The average Bonchev–Trinajstić information content (AvgIpc) is 3.11. The molecular formula is C24H29ClF2O5. The van der Waals surface area contributed by atoms with E-state index in [4.69, 9.17) is 21.1 Å². The second kappa shape index (κ2) is 6.51. The standard InChI is InChI=1S/C24H29ClF2O5/c1-20(2)31-19-9-13-14-8-16(26)15-7-12(25)5-6-21(15,3)23(14,27)17(29)10-22(13,4)24(19,32-20)18(30)11-28/h5-7,13-14,17,19,28-29H,8-11H2,1-4H3. The van der Waals surface area contributed by atoms with E-state index in [1.165, 1.54) is 12.2 Å². The Bertz CT molecular complexity index is 991. The molecular weight excluding hydrogens is 442 g/mol. The van der Waals surface area contributed by atoms with Crippen LogP contribution in [0.3, 0.4) is 0 Å². The zero-order valence-corrected chi connectivity index (χ0v) is 19.4. The van der Waals surface area contributed by atoms with Gasteiger partial charge in [-0.2, -0.15) is 0 Å². The molecule has 5 rings (SSSR count).